The van der Waals surface area contributed by atoms with Gasteiger partial charge < -0.3 is 19.2 Å². The van der Waals surface area contributed by atoms with Crippen molar-refractivity contribution in [1.29, 1.82) is 0 Å². The number of Topliss-reactive ketones (excluding diaryl/α,β-unsaturated/α-hetero) is 1. The molecule has 5 rings (SSSR count). The van der Waals surface area contributed by atoms with Gasteiger partial charge in [-0.1, -0.05) is 29.8 Å². The summed E-state index contributed by atoms with van der Waals surface area (Å²) in [5.74, 6) is -0.199. The number of rotatable bonds is 7. The Balaban J connectivity index is 1.77. The fraction of sp³-hybridized carbons (Fsp3) is 0.444. The number of dihydropyridines is 1. The second-order valence-electron chi connectivity index (χ2n) is 13.1. The number of hydrogen-bond acceptors (Lipinski definition) is 6. The van der Waals surface area contributed by atoms with Crippen molar-refractivity contribution in [3.8, 4) is 0 Å². The molecule has 3 aromatic rings. The van der Waals surface area contributed by atoms with E-state index in [1.54, 1.807) is 0 Å². The topological polar surface area (TPSA) is 93.6 Å². The molecular formula is C36H44N2O5. The van der Waals surface area contributed by atoms with Crippen LogP contribution < -0.4 is 11.1 Å². The van der Waals surface area contributed by atoms with Crippen LogP contribution in [0.5, 0.6) is 0 Å². The maximum absolute atomic E-state index is 14.4. The van der Waals surface area contributed by atoms with E-state index < -0.39 is 17.3 Å². The molecule has 7 heteroatoms. The zero-order chi connectivity index (χ0) is 31.2. The van der Waals surface area contributed by atoms with Crippen LogP contribution in [0.25, 0.3) is 11.1 Å². The summed E-state index contributed by atoms with van der Waals surface area (Å²) >= 11 is 0. The number of hydrogen-bond donors (Lipinski definition) is 2. The number of H-pyrrole nitrogens is 1. The number of aryl methyl sites for hydroxylation is 3. The van der Waals surface area contributed by atoms with Gasteiger partial charge in [0.05, 0.1) is 24.3 Å². The number of nitrogens with one attached hydrogen (secondary N) is 2. The normalized spacial score (nSPS) is 19.0. The van der Waals surface area contributed by atoms with Crippen LogP contribution >= 0.6 is 0 Å². The molecule has 0 saturated carbocycles. The fourth-order valence-corrected chi connectivity index (χ4v) is 6.83. The lowest BCUT2D eigenvalue weighted by Gasteiger charge is -2.39. The summed E-state index contributed by atoms with van der Waals surface area (Å²) in [5, 5.41) is 3.70. The van der Waals surface area contributed by atoms with Gasteiger partial charge in [0.2, 0.25) is 0 Å². The number of para-hydroxylation sites is 1. The molecule has 0 bridgehead atoms. The monoisotopic (exact) mass is 584 g/mol. The van der Waals surface area contributed by atoms with Gasteiger partial charge in [0.1, 0.15) is 5.76 Å². The molecule has 0 radical (unpaired) electrons. The molecule has 2 aliphatic rings. The van der Waals surface area contributed by atoms with Crippen molar-refractivity contribution in [1.82, 2.24) is 10.3 Å². The van der Waals surface area contributed by atoms with Crippen molar-refractivity contribution in [3.63, 3.8) is 0 Å². The van der Waals surface area contributed by atoms with Crippen LogP contribution in [-0.2, 0) is 14.3 Å². The first-order valence-corrected chi connectivity index (χ1v) is 15.2. The average Bonchev–Trinajstić information content (AvgIpc) is 3.29. The van der Waals surface area contributed by atoms with Gasteiger partial charge in [0.25, 0.3) is 0 Å². The minimum Gasteiger partial charge on any atom is -0.494 e. The van der Waals surface area contributed by atoms with Crippen LogP contribution in [0.2, 0.25) is 0 Å². The average molecular weight is 585 g/mol. The second-order valence-corrected chi connectivity index (χ2v) is 13.1. The molecule has 43 heavy (non-hydrogen) atoms. The highest BCUT2D eigenvalue weighted by atomic mass is 16.5. The summed E-state index contributed by atoms with van der Waals surface area (Å²) in [6.45, 7) is 19.2. The van der Waals surface area contributed by atoms with Crippen LogP contribution in [-0.4, -0.2) is 29.6 Å². The third kappa shape index (κ3) is 6.00. The van der Waals surface area contributed by atoms with Gasteiger partial charge in [-0.15, -0.1) is 0 Å². The smallest absolute Gasteiger partial charge is 0.417 e. The minimum absolute atomic E-state index is 0.0436. The lowest BCUT2D eigenvalue weighted by atomic mass is 9.70. The van der Waals surface area contributed by atoms with Crippen LogP contribution in [0.3, 0.4) is 0 Å². The number of aromatic amines is 1. The van der Waals surface area contributed by atoms with E-state index in [0.717, 1.165) is 28.1 Å². The molecule has 1 aromatic heterocycles. The zero-order valence-corrected chi connectivity index (χ0v) is 26.9. The molecular weight excluding hydrogens is 540 g/mol. The highest BCUT2D eigenvalue weighted by Gasteiger charge is 2.43. The summed E-state index contributed by atoms with van der Waals surface area (Å²) in [4.78, 5) is 29.6. The van der Waals surface area contributed by atoms with E-state index in [9.17, 15) is 9.59 Å². The predicted octanol–water partition coefficient (Wildman–Crippen LogP) is 7.53. The molecule has 1 aliphatic heterocycles. The van der Waals surface area contributed by atoms with E-state index in [4.69, 9.17) is 13.9 Å². The van der Waals surface area contributed by atoms with Crippen molar-refractivity contribution in [2.24, 2.45) is 0 Å². The van der Waals surface area contributed by atoms with Gasteiger partial charge >= 0.3 is 5.76 Å². The van der Waals surface area contributed by atoms with E-state index in [1.807, 2.05) is 59.7 Å². The first kappa shape index (κ1) is 30.6. The molecule has 0 saturated heterocycles. The fourth-order valence-electron chi connectivity index (χ4n) is 6.83. The number of benzene rings is 2. The molecule has 2 atom stereocenters. The number of ketones is 1. The third-order valence-electron chi connectivity index (χ3n) is 8.28. The Labute approximate surface area is 254 Å². The van der Waals surface area contributed by atoms with E-state index in [0.29, 0.717) is 48.5 Å². The SMILES string of the molecule is CCOC(=C(C)C)C1=C(COC(C)(C)C)NC2=C(C(=O)CC(c3c(C)cc(C)cc3C)C2)C1c1cccc2[nH]c(=O)oc12. The Morgan fingerprint density at radius 2 is 1.74 bits per heavy atom. The summed E-state index contributed by atoms with van der Waals surface area (Å²) in [6.07, 6.45) is 1.08. The third-order valence-corrected chi connectivity index (χ3v) is 8.28. The van der Waals surface area contributed by atoms with Crippen molar-refractivity contribution in [2.45, 2.75) is 92.6 Å². The molecule has 0 spiro atoms. The number of fused-ring (bicyclic) bond motifs is 1. The van der Waals surface area contributed by atoms with Gasteiger partial charge in [-0.3, -0.25) is 9.78 Å². The molecule has 2 heterocycles. The van der Waals surface area contributed by atoms with Gasteiger partial charge in [-0.25, -0.2) is 4.79 Å². The molecule has 0 fully saturated rings. The maximum atomic E-state index is 14.4. The lowest BCUT2D eigenvalue weighted by molar-refractivity contribution is -0.116. The zero-order valence-electron chi connectivity index (χ0n) is 26.9. The number of allylic oxidation sites excluding steroid dienone is 4. The number of carbonyl (C=O) groups is 1. The summed E-state index contributed by atoms with van der Waals surface area (Å²) in [5.41, 5.74) is 10.5. The van der Waals surface area contributed by atoms with Gasteiger partial charge in [-0.05, 0) is 103 Å². The highest BCUT2D eigenvalue weighted by molar-refractivity contribution is 6.01. The van der Waals surface area contributed by atoms with Gasteiger partial charge in [0.15, 0.2) is 11.4 Å². The minimum atomic E-state index is -0.528. The van der Waals surface area contributed by atoms with Gasteiger partial charge in [0, 0.05) is 40.4 Å². The summed E-state index contributed by atoms with van der Waals surface area (Å²) in [7, 11) is 0. The molecule has 7 nitrogen and oxygen atoms in total. The Bertz CT molecular complexity index is 1710. The van der Waals surface area contributed by atoms with Crippen molar-refractivity contribution >= 4 is 16.9 Å². The molecule has 0 amide bonds. The second kappa shape index (κ2) is 11.7. The summed E-state index contributed by atoms with van der Waals surface area (Å²) in [6, 6.07) is 10.1. The first-order valence-electron chi connectivity index (χ1n) is 15.2. The number of carbonyl (C=O) groups excluding carboxylic acids is 1. The molecule has 2 aromatic carbocycles. The van der Waals surface area contributed by atoms with Crippen molar-refractivity contribution in [2.75, 3.05) is 13.2 Å². The van der Waals surface area contributed by atoms with E-state index in [2.05, 4.69) is 43.2 Å². The van der Waals surface area contributed by atoms with E-state index in [-0.39, 0.29) is 11.7 Å². The summed E-state index contributed by atoms with van der Waals surface area (Å²) < 4.78 is 18.4. The van der Waals surface area contributed by atoms with E-state index >= 15 is 0 Å². The van der Waals surface area contributed by atoms with Crippen LogP contribution in [0.1, 0.15) is 94.0 Å². The van der Waals surface area contributed by atoms with Crippen molar-refractivity contribution in [3.05, 3.63) is 103 Å². The Morgan fingerprint density at radius 1 is 1.05 bits per heavy atom. The number of aromatic nitrogens is 1. The largest absolute Gasteiger partial charge is 0.494 e. The Hall–Kier alpha value is -3.84. The maximum Gasteiger partial charge on any atom is 0.417 e. The molecule has 228 valence electrons. The first-order chi connectivity index (χ1) is 20.3. The molecule has 2 unspecified atom stereocenters. The van der Waals surface area contributed by atoms with Crippen molar-refractivity contribution < 1.29 is 18.7 Å². The quantitative estimate of drug-likeness (QED) is 0.279. The number of oxazole rings is 1. The standard InChI is InChI=1S/C36H44N2O5/c1-10-41-33(19(2)3)32-27(18-42-36(7,8)9)37-26-16-23(29-21(5)14-20(4)15-22(29)6)17-28(39)31(26)30(32)24-12-11-13-25-34(24)43-35(40)38-25/h11-15,23,30,37H,10,16-18H2,1-9H3,(H,38,40). The molecule has 2 N–H and O–H groups in total. The van der Waals surface area contributed by atoms with Crippen LogP contribution in [0, 0.1) is 20.8 Å². The van der Waals surface area contributed by atoms with Crippen LogP contribution in [0.15, 0.2) is 73.4 Å². The number of ether oxygens (including phenoxy) is 2. The van der Waals surface area contributed by atoms with Crippen LogP contribution in [0.4, 0.5) is 0 Å². The van der Waals surface area contributed by atoms with Gasteiger partial charge in [-0.2, -0.15) is 0 Å². The Kier molecular flexibility index (Phi) is 8.32. The Morgan fingerprint density at radius 3 is 2.37 bits per heavy atom. The molecule has 1 aliphatic carbocycles. The van der Waals surface area contributed by atoms with E-state index in [1.165, 1.54) is 22.3 Å². The highest BCUT2D eigenvalue weighted by Crippen LogP contribution is 2.50. The lowest BCUT2D eigenvalue weighted by Crippen LogP contribution is -2.37. The predicted molar refractivity (Wildman–Crippen MR) is 170 cm³/mol.